The lowest BCUT2D eigenvalue weighted by molar-refractivity contribution is 0.325. The van der Waals surface area contributed by atoms with E-state index in [0.29, 0.717) is 17.2 Å². The van der Waals surface area contributed by atoms with E-state index in [4.69, 9.17) is 19.2 Å². The Labute approximate surface area is 165 Å². The Balaban J connectivity index is 2.16. The lowest BCUT2D eigenvalue weighted by Gasteiger charge is -2.16. The molecule has 0 atom stereocenters. The second kappa shape index (κ2) is 7.67. The molecule has 3 aromatic rings. The molecule has 28 heavy (non-hydrogen) atoms. The second-order valence-corrected chi connectivity index (χ2v) is 8.77. The molecule has 7 heteroatoms. The van der Waals surface area contributed by atoms with Gasteiger partial charge in [0.2, 0.25) is 5.75 Å². The fraction of sp³-hybridized carbons (Fsp3) is 0.286. The minimum atomic E-state index is -3.10. The SMILES string of the molecule is COc1ccc(-c2cc(C)c3cc(CS(C)(=O)=O)ccc3n2)c(OC)c1OC. The van der Waals surface area contributed by atoms with Crippen LogP contribution in [0.15, 0.2) is 36.4 Å². The van der Waals surface area contributed by atoms with Gasteiger partial charge < -0.3 is 14.2 Å². The van der Waals surface area contributed by atoms with E-state index in [9.17, 15) is 8.42 Å². The number of hydrogen-bond donors (Lipinski definition) is 0. The lowest BCUT2D eigenvalue weighted by atomic mass is 10.0. The molecule has 0 aliphatic carbocycles. The molecule has 1 heterocycles. The van der Waals surface area contributed by atoms with Crippen molar-refractivity contribution in [3.63, 3.8) is 0 Å². The van der Waals surface area contributed by atoms with E-state index in [1.54, 1.807) is 27.4 Å². The standard InChI is InChI=1S/C21H23NO5S/c1-13-10-18(15-7-9-19(25-2)21(27-4)20(15)26-3)22-17-8-6-14(11-16(13)17)12-28(5,23)24/h6-11H,12H2,1-5H3. The van der Waals surface area contributed by atoms with Crippen LogP contribution in [0.4, 0.5) is 0 Å². The molecule has 0 radical (unpaired) electrons. The van der Waals surface area contributed by atoms with Gasteiger partial charge in [-0.1, -0.05) is 6.07 Å². The van der Waals surface area contributed by atoms with Crippen molar-refractivity contribution in [1.82, 2.24) is 4.98 Å². The number of pyridine rings is 1. The molecule has 0 bridgehead atoms. The van der Waals surface area contributed by atoms with Crippen molar-refractivity contribution in [2.45, 2.75) is 12.7 Å². The first-order valence-electron chi connectivity index (χ1n) is 8.64. The zero-order chi connectivity index (χ0) is 20.5. The Kier molecular flexibility index (Phi) is 5.47. The highest BCUT2D eigenvalue weighted by atomic mass is 32.2. The molecule has 0 spiro atoms. The summed E-state index contributed by atoms with van der Waals surface area (Å²) in [6.07, 6.45) is 1.23. The fourth-order valence-electron chi connectivity index (χ4n) is 3.27. The lowest BCUT2D eigenvalue weighted by Crippen LogP contribution is -2.01. The molecule has 148 valence electrons. The summed E-state index contributed by atoms with van der Waals surface area (Å²) in [6, 6.07) is 11.2. The average Bonchev–Trinajstić information content (AvgIpc) is 2.65. The number of hydrogen-bond acceptors (Lipinski definition) is 6. The Morgan fingerprint density at radius 1 is 0.929 bits per heavy atom. The molecule has 0 N–H and O–H groups in total. The van der Waals surface area contributed by atoms with Crippen molar-refractivity contribution in [3.8, 4) is 28.5 Å². The van der Waals surface area contributed by atoms with Crippen LogP contribution in [-0.2, 0) is 15.6 Å². The van der Waals surface area contributed by atoms with Gasteiger partial charge >= 0.3 is 0 Å². The quantitative estimate of drug-likeness (QED) is 0.626. The molecule has 0 fully saturated rings. The Morgan fingerprint density at radius 3 is 2.25 bits per heavy atom. The van der Waals surface area contributed by atoms with Crippen molar-refractivity contribution in [3.05, 3.63) is 47.5 Å². The van der Waals surface area contributed by atoms with E-state index in [1.807, 2.05) is 37.3 Å². The van der Waals surface area contributed by atoms with Crippen LogP contribution in [0.3, 0.4) is 0 Å². The van der Waals surface area contributed by atoms with Gasteiger partial charge in [0.25, 0.3) is 0 Å². The highest BCUT2D eigenvalue weighted by molar-refractivity contribution is 7.89. The Hall–Kier alpha value is -2.80. The van der Waals surface area contributed by atoms with Gasteiger partial charge in [-0.05, 0) is 48.4 Å². The van der Waals surface area contributed by atoms with E-state index in [-0.39, 0.29) is 5.75 Å². The maximum Gasteiger partial charge on any atom is 0.203 e. The predicted octanol–water partition coefficient (Wildman–Crippen LogP) is 3.78. The minimum Gasteiger partial charge on any atom is -0.493 e. The van der Waals surface area contributed by atoms with Gasteiger partial charge in [0.1, 0.15) is 0 Å². The van der Waals surface area contributed by atoms with Crippen LogP contribution in [0.2, 0.25) is 0 Å². The first kappa shape index (κ1) is 19.9. The average molecular weight is 401 g/mol. The molecule has 0 saturated heterocycles. The Bertz CT molecular complexity index is 1140. The molecule has 6 nitrogen and oxygen atoms in total. The minimum absolute atomic E-state index is 0.00757. The van der Waals surface area contributed by atoms with Crippen molar-refractivity contribution in [2.75, 3.05) is 27.6 Å². The summed E-state index contributed by atoms with van der Waals surface area (Å²) in [7, 11) is 1.61. The summed E-state index contributed by atoms with van der Waals surface area (Å²) < 4.78 is 39.6. The molecular weight excluding hydrogens is 378 g/mol. The van der Waals surface area contributed by atoms with Crippen LogP contribution in [-0.4, -0.2) is 41.0 Å². The molecule has 0 saturated carbocycles. The van der Waals surface area contributed by atoms with Gasteiger partial charge in [-0.15, -0.1) is 0 Å². The number of rotatable bonds is 6. The third-order valence-electron chi connectivity index (χ3n) is 4.49. The van der Waals surface area contributed by atoms with Crippen LogP contribution in [0.1, 0.15) is 11.1 Å². The smallest absolute Gasteiger partial charge is 0.203 e. The van der Waals surface area contributed by atoms with Crippen molar-refractivity contribution >= 4 is 20.7 Å². The third-order valence-corrected chi connectivity index (χ3v) is 5.35. The number of fused-ring (bicyclic) bond motifs is 1. The summed E-state index contributed by atoms with van der Waals surface area (Å²) in [4.78, 5) is 4.76. The molecule has 1 aromatic heterocycles. The highest BCUT2D eigenvalue weighted by Gasteiger charge is 2.19. The first-order chi connectivity index (χ1) is 13.3. The maximum atomic E-state index is 11.6. The zero-order valence-corrected chi connectivity index (χ0v) is 17.4. The summed E-state index contributed by atoms with van der Waals surface area (Å²) >= 11 is 0. The maximum absolute atomic E-state index is 11.6. The Morgan fingerprint density at radius 2 is 1.64 bits per heavy atom. The van der Waals surface area contributed by atoms with Gasteiger partial charge in [0.05, 0.1) is 38.3 Å². The first-order valence-corrected chi connectivity index (χ1v) is 10.7. The number of aromatic nitrogens is 1. The number of sulfone groups is 1. The number of ether oxygens (including phenoxy) is 3. The molecular formula is C21H23NO5S. The summed E-state index contributed by atoms with van der Waals surface area (Å²) in [5, 5.41) is 0.921. The van der Waals surface area contributed by atoms with Crippen LogP contribution >= 0.6 is 0 Å². The number of benzene rings is 2. The number of methoxy groups -OCH3 is 3. The molecule has 0 amide bonds. The normalized spacial score (nSPS) is 11.5. The largest absolute Gasteiger partial charge is 0.493 e. The van der Waals surface area contributed by atoms with E-state index in [0.717, 1.165) is 33.3 Å². The highest BCUT2D eigenvalue weighted by Crippen LogP contribution is 2.44. The van der Waals surface area contributed by atoms with E-state index in [1.165, 1.54) is 6.26 Å². The number of aryl methyl sites for hydroxylation is 1. The molecule has 0 aliphatic rings. The van der Waals surface area contributed by atoms with Crippen LogP contribution in [0.25, 0.3) is 22.2 Å². The van der Waals surface area contributed by atoms with Gasteiger partial charge in [0, 0.05) is 17.2 Å². The monoisotopic (exact) mass is 401 g/mol. The van der Waals surface area contributed by atoms with Crippen LogP contribution in [0, 0.1) is 6.92 Å². The summed E-state index contributed by atoms with van der Waals surface area (Å²) in [5.74, 6) is 1.63. The predicted molar refractivity (Wildman–Crippen MR) is 110 cm³/mol. The topological polar surface area (TPSA) is 74.7 Å². The van der Waals surface area contributed by atoms with Gasteiger partial charge in [-0.2, -0.15) is 0 Å². The van der Waals surface area contributed by atoms with Gasteiger partial charge in [-0.3, -0.25) is 0 Å². The fourth-order valence-corrected chi connectivity index (χ4v) is 4.06. The molecule has 2 aromatic carbocycles. The molecule has 0 aliphatic heterocycles. The van der Waals surface area contributed by atoms with Gasteiger partial charge in [0.15, 0.2) is 21.3 Å². The van der Waals surface area contributed by atoms with Crippen LogP contribution < -0.4 is 14.2 Å². The van der Waals surface area contributed by atoms with Crippen LogP contribution in [0.5, 0.6) is 17.2 Å². The second-order valence-electron chi connectivity index (χ2n) is 6.63. The molecule has 3 rings (SSSR count). The zero-order valence-electron chi connectivity index (χ0n) is 16.6. The van der Waals surface area contributed by atoms with E-state index in [2.05, 4.69) is 0 Å². The van der Waals surface area contributed by atoms with Crippen molar-refractivity contribution in [1.29, 1.82) is 0 Å². The third kappa shape index (κ3) is 3.89. The number of nitrogens with zero attached hydrogens (tertiary/aromatic N) is 1. The van der Waals surface area contributed by atoms with E-state index < -0.39 is 9.84 Å². The summed E-state index contributed by atoms with van der Waals surface area (Å²) in [6.45, 7) is 1.98. The van der Waals surface area contributed by atoms with Gasteiger partial charge in [-0.25, -0.2) is 13.4 Å². The van der Waals surface area contributed by atoms with Crippen molar-refractivity contribution < 1.29 is 22.6 Å². The summed E-state index contributed by atoms with van der Waals surface area (Å²) in [5.41, 5.74) is 4.04. The van der Waals surface area contributed by atoms with Crippen molar-refractivity contribution in [2.24, 2.45) is 0 Å². The van der Waals surface area contributed by atoms with E-state index >= 15 is 0 Å². The molecule has 0 unspecified atom stereocenters.